The SMILES string of the molecule is CC1=N[C@@H](C)C(C#N)=C(N)N1. The molecule has 4 nitrogen and oxygen atoms in total. The zero-order valence-electron chi connectivity index (χ0n) is 6.55. The number of rotatable bonds is 0. The lowest BCUT2D eigenvalue weighted by molar-refractivity contribution is 0.810. The van der Waals surface area contributed by atoms with Crippen LogP contribution in [0.25, 0.3) is 0 Å². The van der Waals surface area contributed by atoms with Crippen LogP contribution in [0.4, 0.5) is 0 Å². The van der Waals surface area contributed by atoms with E-state index < -0.39 is 0 Å². The van der Waals surface area contributed by atoms with Crippen LogP contribution in [0.15, 0.2) is 16.4 Å². The van der Waals surface area contributed by atoms with E-state index in [2.05, 4.69) is 10.3 Å². The van der Waals surface area contributed by atoms with E-state index in [9.17, 15) is 0 Å². The number of nitriles is 1. The highest BCUT2D eigenvalue weighted by Crippen LogP contribution is 2.10. The van der Waals surface area contributed by atoms with E-state index in [0.29, 0.717) is 11.4 Å². The van der Waals surface area contributed by atoms with Gasteiger partial charge in [0.2, 0.25) is 0 Å². The molecule has 58 valence electrons. The number of nitrogens with one attached hydrogen (secondary N) is 1. The third-order valence-corrected chi connectivity index (χ3v) is 1.53. The molecule has 1 heterocycles. The van der Waals surface area contributed by atoms with Gasteiger partial charge in [0.05, 0.1) is 17.5 Å². The molecule has 0 saturated carbocycles. The molecule has 1 rings (SSSR count). The Kier molecular flexibility index (Phi) is 1.81. The van der Waals surface area contributed by atoms with E-state index in [0.717, 1.165) is 5.84 Å². The summed E-state index contributed by atoms with van der Waals surface area (Å²) in [6.45, 7) is 3.66. The Labute approximate surface area is 65.4 Å². The van der Waals surface area contributed by atoms with Gasteiger partial charge in [0.1, 0.15) is 11.9 Å². The van der Waals surface area contributed by atoms with Gasteiger partial charge in [0.15, 0.2) is 0 Å². The summed E-state index contributed by atoms with van der Waals surface area (Å²) in [5, 5.41) is 11.4. The highest BCUT2D eigenvalue weighted by atomic mass is 15.1. The third kappa shape index (κ3) is 1.32. The number of amidine groups is 1. The minimum Gasteiger partial charge on any atom is -0.384 e. The fraction of sp³-hybridized carbons (Fsp3) is 0.429. The second kappa shape index (κ2) is 2.62. The summed E-state index contributed by atoms with van der Waals surface area (Å²) in [5.41, 5.74) is 6.05. The van der Waals surface area contributed by atoms with Crippen LogP contribution in [-0.4, -0.2) is 11.9 Å². The van der Waals surface area contributed by atoms with Crippen LogP contribution >= 0.6 is 0 Å². The van der Waals surface area contributed by atoms with Gasteiger partial charge < -0.3 is 11.1 Å². The van der Waals surface area contributed by atoms with Gasteiger partial charge in [-0.05, 0) is 13.8 Å². The first-order chi connectivity index (χ1) is 5.15. The molecule has 11 heavy (non-hydrogen) atoms. The Hall–Kier alpha value is -1.50. The van der Waals surface area contributed by atoms with Crippen LogP contribution in [0.3, 0.4) is 0 Å². The Morgan fingerprint density at radius 2 is 2.36 bits per heavy atom. The molecular formula is C7H10N4. The van der Waals surface area contributed by atoms with Crippen molar-refractivity contribution in [2.24, 2.45) is 10.7 Å². The van der Waals surface area contributed by atoms with Crippen LogP contribution in [0.2, 0.25) is 0 Å². The highest BCUT2D eigenvalue weighted by molar-refractivity contribution is 5.83. The molecule has 0 saturated heterocycles. The fourth-order valence-electron chi connectivity index (χ4n) is 1.03. The van der Waals surface area contributed by atoms with Gasteiger partial charge in [-0.2, -0.15) is 5.26 Å². The van der Waals surface area contributed by atoms with Crippen molar-refractivity contribution in [2.75, 3.05) is 0 Å². The first kappa shape index (κ1) is 7.61. The molecule has 0 aromatic heterocycles. The van der Waals surface area contributed by atoms with Crippen molar-refractivity contribution in [3.05, 3.63) is 11.4 Å². The zero-order chi connectivity index (χ0) is 8.43. The monoisotopic (exact) mass is 150 g/mol. The molecule has 1 aliphatic rings. The summed E-state index contributed by atoms with van der Waals surface area (Å²) in [7, 11) is 0. The number of nitrogens with zero attached hydrogens (tertiary/aromatic N) is 2. The Balaban J connectivity index is 2.96. The van der Waals surface area contributed by atoms with Gasteiger partial charge >= 0.3 is 0 Å². The fourth-order valence-corrected chi connectivity index (χ4v) is 1.03. The lowest BCUT2D eigenvalue weighted by Crippen LogP contribution is -2.33. The molecule has 0 aliphatic carbocycles. The van der Waals surface area contributed by atoms with Gasteiger partial charge in [-0.15, -0.1) is 0 Å². The largest absolute Gasteiger partial charge is 0.384 e. The predicted molar refractivity (Wildman–Crippen MR) is 42.5 cm³/mol. The molecule has 0 fully saturated rings. The average molecular weight is 150 g/mol. The quantitative estimate of drug-likeness (QED) is 0.514. The van der Waals surface area contributed by atoms with Gasteiger partial charge in [0, 0.05) is 0 Å². The van der Waals surface area contributed by atoms with Gasteiger partial charge in [0.25, 0.3) is 0 Å². The van der Waals surface area contributed by atoms with Crippen LogP contribution in [0.1, 0.15) is 13.8 Å². The lowest BCUT2D eigenvalue weighted by atomic mass is 10.1. The Bertz CT molecular complexity index is 269. The lowest BCUT2D eigenvalue weighted by Gasteiger charge is -2.17. The zero-order valence-corrected chi connectivity index (χ0v) is 6.55. The van der Waals surface area contributed by atoms with Crippen LogP contribution in [-0.2, 0) is 0 Å². The van der Waals surface area contributed by atoms with E-state index in [4.69, 9.17) is 11.0 Å². The molecule has 1 atom stereocenters. The smallest absolute Gasteiger partial charge is 0.118 e. The van der Waals surface area contributed by atoms with E-state index in [1.807, 2.05) is 19.9 Å². The molecule has 0 radical (unpaired) electrons. The van der Waals surface area contributed by atoms with Crippen molar-refractivity contribution >= 4 is 5.84 Å². The minimum absolute atomic E-state index is 0.110. The Morgan fingerprint density at radius 1 is 1.73 bits per heavy atom. The predicted octanol–water partition coefficient (Wildman–Crippen LogP) is 0.0904. The minimum atomic E-state index is -0.110. The molecule has 0 bridgehead atoms. The maximum absolute atomic E-state index is 8.62. The Morgan fingerprint density at radius 3 is 2.82 bits per heavy atom. The second-order valence-electron chi connectivity index (χ2n) is 2.45. The molecule has 3 N–H and O–H groups in total. The number of aliphatic imine (C=N–C) groups is 1. The normalized spacial score (nSPS) is 23.7. The molecule has 0 spiro atoms. The maximum Gasteiger partial charge on any atom is 0.118 e. The van der Waals surface area contributed by atoms with Crippen molar-refractivity contribution in [3.63, 3.8) is 0 Å². The highest BCUT2D eigenvalue weighted by Gasteiger charge is 2.16. The van der Waals surface area contributed by atoms with Crippen molar-refractivity contribution in [1.29, 1.82) is 5.26 Å². The molecular weight excluding hydrogens is 140 g/mol. The molecule has 0 unspecified atom stereocenters. The molecule has 4 heteroatoms. The molecule has 0 amide bonds. The van der Waals surface area contributed by atoms with Crippen molar-refractivity contribution in [2.45, 2.75) is 19.9 Å². The summed E-state index contributed by atoms with van der Waals surface area (Å²) in [6, 6.07) is 1.90. The van der Waals surface area contributed by atoms with Gasteiger partial charge in [-0.25, -0.2) is 0 Å². The van der Waals surface area contributed by atoms with Gasteiger partial charge in [-0.1, -0.05) is 0 Å². The maximum atomic E-state index is 8.62. The summed E-state index contributed by atoms with van der Waals surface area (Å²) < 4.78 is 0. The van der Waals surface area contributed by atoms with E-state index in [-0.39, 0.29) is 6.04 Å². The third-order valence-electron chi connectivity index (χ3n) is 1.53. The van der Waals surface area contributed by atoms with Crippen LogP contribution in [0.5, 0.6) is 0 Å². The number of hydrogen-bond donors (Lipinski definition) is 2. The second-order valence-corrected chi connectivity index (χ2v) is 2.45. The number of nitrogens with two attached hydrogens (primary N) is 1. The molecule has 0 aromatic rings. The summed E-state index contributed by atoms with van der Waals surface area (Å²) >= 11 is 0. The van der Waals surface area contributed by atoms with Crippen molar-refractivity contribution in [1.82, 2.24) is 5.32 Å². The van der Waals surface area contributed by atoms with Crippen LogP contribution in [0, 0.1) is 11.3 Å². The first-order valence-corrected chi connectivity index (χ1v) is 3.36. The first-order valence-electron chi connectivity index (χ1n) is 3.36. The molecule has 1 aliphatic heterocycles. The van der Waals surface area contributed by atoms with E-state index >= 15 is 0 Å². The average Bonchev–Trinajstić information content (AvgIpc) is 1.85. The van der Waals surface area contributed by atoms with Crippen molar-refractivity contribution in [3.8, 4) is 6.07 Å². The standard InChI is InChI=1S/C7H10N4/c1-4-6(3-8)7(9)11-5(2)10-4/h4H,9H2,1-2H3,(H,10,11)/t4-/m0/s1. The summed E-state index contributed by atoms with van der Waals surface area (Å²) in [4.78, 5) is 4.13. The van der Waals surface area contributed by atoms with Gasteiger partial charge in [-0.3, -0.25) is 4.99 Å². The number of hydrogen-bond acceptors (Lipinski definition) is 4. The summed E-state index contributed by atoms with van der Waals surface area (Å²) in [6.07, 6.45) is 0. The summed E-state index contributed by atoms with van der Waals surface area (Å²) in [5.74, 6) is 1.18. The topological polar surface area (TPSA) is 74.2 Å². The van der Waals surface area contributed by atoms with E-state index in [1.54, 1.807) is 0 Å². The van der Waals surface area contributed by atoms with Crippen LogP contribution < -0.4 is 11.1 Å². The van der Waals surface area contributed by atoms with Crippen molar-refractivity contribution < 1.29 is 0 Å². The molecule has 0 aromatic carbocycles. The van der Waals surface area contributed by atoms with E-state index in [1.165, 1.54) is 0 Å².